The Morgan fingerprint density at radius 1 is 1.71 bits per heavy atom. The molecule has 0 aliphatic heterocycles. The van der Waals surface area contributed by atoms with E-state index >= 15 is 0 Å². The standard InChI is InChI=1S/C5H11IO/c1-3-4-7-5(2)6/h5H,3-4H2,1-2H3. The van der Waals surface area contributed by atoms with Crippen LogP contribution in [0.5, 0.6) is 0 Å². The number of ether oxygens (including phenoxy) is 1. The van der Waals surface area contributed by atoms with Gasteiger partial charge in [0, 0.05) is 6.61 Å². The number of halogens is 1. The van der Waals surface area contributed by atoms with Gasteiger partial charge < -0.3 is 4.74 Å². The predicted molar refractivity (Wildman–Crippen MR) is 39.7 cm³/mol. The summed E-state index contributed by atoms with van der Waals surface area (Å²) >= 11 is 2.24. The van der Waals surface area contributed by atoms with E-state index in [4.69, 9.17) is 4.74 Å². The summed E-state index contributed by atoms with van der Waals surface area (Å²) < 4.78 is 5.55. The van der Waals surface area contributed by atoms with Gasteiger partial charge >= 0.3 is 0 Å². The van der Waals surface area contributed by atoms with Crippen LogP contribution in [0.25, 0.3) is 0 Å². The summed E-state index contributed by atoms with van der Waals surface area (Å²) in [6, 6.07) is 0. The second-order valence-corrected chi connectivity index (χ2v) is 3.17. The molecule has 0 aromatic rings. The first-order valence-corrected chi connectivity index (χ1v) is 3.77. The van der Waals surface area contributed by atoms with Gasteiger partial charge in [-0.2, -0.15) is 0 Å². The lowest BCUT2D eigenvalue weighted by molar-refractivity contribution is 0.135. The normalized spacial score (nSPS) is 14.1. The Morgan fingerprint density at radius 2 is 2.29 bits per heavy atom. The van der Waals surface area contributed by atoms with Gasteiger partial charge in [-0.05, 0) is 13.3 Å². The lowest BCUT2D eigenvalue weighted by Gasteiger charge is -2.01. The maximum absolute atomic E-state index is 5.18. The molecule has 0 saturated carbocycles. The zero-order valence-electron chi connectivity index (χ0n) is 4.78. The molecular weight excluding hydrogens is 203 g/mol. The van der Waals surface area contributed by atoms with Gasteiger partial charge in [-0.3, -0.25) is 0 Å². The van der Waals surface area contributed by atoms with Crippen molar-refractivity contribution in [2.45, 2.75) is 24.4 Å². The number of hydrogen-bond acceptors (Lipinski definition) is 1. The minimum Gasteiger partial charge on any atom is -0.368 e. The van der Waals surface area contributed by atoms with Crippen LogP contribution in [0.4, 0.5) is 0 Å². The number of rotatable bonds is 3. The first-order chi connectivity index (χ1) is 3.27. The second-order valence-electron chi connectivity index (χ2n) is 1.41. The minimum absolute atomic E-state index is 0.373. The van der Waals surface area contributed by atoms with Crippen LogP contribution in [0.2, 0.25) is 0 Å². The van der Waals surface area contributed by atoms with Crippen LogP contribution >= 0.6 is 22.6 Å². The fraction of sp³-hybridized carbons (Fsp3) is 1.00. The molecule has 0 saturated heterocycles. The maximum Gasteiger partial charge on any atom is 0.106 e. The van der Waals surface area contributed by atoms with Crippen molar-refractivity contribution in [3.8, 4) is 0 Å². The SMILES string of the molecule is CCCOC(C)I. The molecule has 0 aliphatic carbocycles. The molecule has 0 aromatic carbocycles. The van der Waals surface area contributed by atoms with E-state index in [9.17, 15) is 0 Å². The van der Waals surface area contributed by atoms with Gasteiger partial charge in [0.2, 0.25) is 0 Å². The van der Waals surface area contributed by atoms with E-state index in [2.05, 4.69) is 29.5 Å². The molecule has 1 unspecified atom stereocenters. The van der Waals surface area contributed by atoms with E-state index in [0.717, 1.165) is 13.0 Å². The highest BCUT2D eigenvalue weighted by molar-refractivity contribution is 14.1. The van der Waals surface area contributed by atoms with Crippen LogP contribution < -0.4 is 0 Å². The van der Waals surface area contributed by atoms with Crippen molar-refractivity contribution in [3.63, 3.8) is 0 Å². The molecule has 1 nitrogen and oxygen atoms in total. The van der Waals surface area contributed by atoms with Crippen LogP contribution in [0.15, 0.2) is 0 Å². The van der Waals surface area contributed by atoms with Crippen LogP contribution in [-0.4, -0.2) is 10.7 Å². The zero-order chi connectivity index (χ0) is 5.70. The molecule has 1 atom stereocenters. The summed E-state index contributed by atoms with van der Waals surface area (Å²) in [6.07, 6.45) is 1.12. The first kappa shape index (κ1) is 7.69. The fourth-order valence-electron chi connectivity index (χ4n) is 0.280. The van der Waals surface area contributed by atoms with Gasteiger partial charge in [0.15, 0.2) is 0 Å². The van der Waals surface area contributed by atoms with E-state index in [-0.39, 0.29) is 0 Å². The van der Waals surface area contributed by atoms with Crippen molar-refractivity contribution in [1.82, 2.24) is 0 Å². The Kier molecular flexibility index (Phi) is 5.32. The van der Waals surface area contributed by atoms with Crippen molar-refractivity contribution in [2.24, 2.45) is 0 Å². The summed E-state index contributed by atoms with van der Waals surface area (Å²) in [5.41, 5.74) is 0. The van der Waals surface area contributed by atoms with Crippen LogP contribution in [-0.2, 0) is 4.74 Å². The van der Waals surface area contributed by atoms with Gasteiger partial charge in [0.05, 0.1) is 0 Å². The lowest BCUT2D eigenvalue weighted by atomic mass is 10.5. The molecule has 0 radical (unpaired) electrons. The molecule has 44 valence electrons. The van der Waals surface area contributed by atoms with Gasteiger partial charge in [-0.25, -0.2) is 0 Å². The Bertz CT molecular complexity index is 37.1. The highest BCUT2D eigenvalue weighted by Crippen LogP contribution is 1.99. The summed E-state index contributed by atoms with van der Waals surface area (Å²) in [5, 5.41) is 0. The first-order valence-electron chi connectivity index (χ1n) is 2.53. The third-order valence-corrected chi connectivity index (χ3v) is 0.911. The van der Waals surface area contributed by atoms with E-state index < -0.39 is 0 Å². The van der Waals surface area contributed by atoms with Crippen molar-refractivity contribution in [2.75, 3.05) is 6.61 Å². The smallest absolute Gasteiger partial charge is 0.106 e. The van der Waals surface area contributed by atoms with Crippen molar-refractivity contribution in [1.29, 1.82) is 0 Å². The van der Waals surface area contributed by atoms with Crippen molar-refractivity contribution in [3.05, 3.63) is 0 Å². The Labute approximate surface area is 58.6 Å². The molecule has 0 aliphatic rings. The van der Waals surface area contributed by atoms with E-state index in [1.165, 1.54) is 0 Å². The van der Waals surface area contributed by atoms with Gasteiger partial charge in [-0.1, -0.05) is 29.5 Å². The Balaban J connectivity index is 2.68. The number of hydrogen-bond donors (Lipinski definition) is 0. The van der Waals surface area contributed by atoms with Gasteiger partial charge in [0.1, 0.15) is 4.11 Å². The van der Waals surface area contributed by atoms with Gasteiger partial charge in [-0.15, -0.1) is 0 Å². The molecule has 0 rings (SSSR count). The van der Waals surface area contributed by atoms with Crippen molar-refractivity contribution >= 4 is 22.6 Å². The quantitative estimate of drug-likeness (QED) is 0.516. The Hall–Kier alpha value is 0.690. The minimum atomic E-state index is 0.373. The van der Waals surface area contributed by atoms with E-state index in [0.29, 0.717) is 4.11 Å². The van der Waals surface area contributed by atoms with E-state index in [1.807, 2.05) is 6.92 Å². The molecule has 2 heteroatoms. The third kappa shape index (κ3) is 6.69. The topological polar surface area (TPSA) is 9.23 Å². The predicted octanol–water partition coefficient (Wildman–Crippen LogP) is 2.19. The van der Waals surface area contributed by atoms with Gasteiger partial charge in [0.25, 0.3) is 0 Å². The zero-order valence-corrected chi connectivity index (χ0v) is 6.94. The highest BCUT2D eigenvalue weighted by atomic mass is 127. The lowest BCUT2D eigenvalue weighted by Crippen LogP contribution is -1.98. The Morgan fingerprint density at radius 3 is 2.43 bits per heavy atom. The van der Waals surface area contributed by atoms with Crippen LogP contribution in [0.3, 0.4) is 0 Å². The molecule has 0 heterocycles. The third-order valence-electron chi connectivity index (χ3n) is 0.552. The highest BCUT2D eigenvalue weighted by Gasteiger charge is 1.89. The van der Waals surface area contributed by atoms with E-state index in [1.54, 1.807) is 0 Å². The molecule has 0 spiro atoms. The molecule has 0 aromatic heterocycles. The van der Waals surface area contributed by atoms with Crippen LogP contribution in [0, 0.1) is 0 Å². The average Bonchev–Trinajstić information content (AvgIpc) is 1.61. The summed E-state index contributed by atoms with van der Waals surface area (Å²) in [4.78, 5) is 0. The largest absolute Gasteiger partial charge is 0.368 e. The monoisotopic (exact) mass is 214 g/mol. The maximum atomic E-state index is 5.18. The molecule has 0 bridgehead atoms. The molecule has 0 N–H and O–H groups in total. The average molecular weight is 214 g/mol. The van der Waals surface area contributed by atoms with Crippen LogP contribution in [0.1, 0.15) is 20.3 Å². The summed E-state index contributed by atoms with van der Waals surface area (Å²) in [5.74, 6) is 0. The summed E-state index contributed by atoms with van der Waals surface area (Å²) in [6.45, 7) is 5.04. The molecule has 7 heavy (non-hydrogen) atoms. The summed E-state index contributed by atoms with van der Waals surface area (Å²) in [7, 11) is 0. The fourth-order valence-corrected chi connectivity index (χ4v) is 0.535. The second kappa shape index (κ2) is 4.84. The molecule has 0 fully saturated rings. The molecule has 0 amide bonds. The molecular formula is C5H11IO. The van der Waals surface area contributed by atoms with Crippen molar-refractivity contribution < 1.29 is 4.74 Å². The number of alkyl halides is 1.